The molecule has 3 aromatic rings. The maximum atomic E-state index is 12.4. The van der Waals surface area contributed by atoms with Gasteiger partial charge in [0.25, 0.3) is 5.91 Å². The molecule has 3 aromatic carbocycles. The van der Waals surface area contributed by atoms with Gasteiger partial charge in [-0.05, 0) is 46.7 Å². The Morgan fingerprint density at radius 2 is 1.29 bits per heavy atom. The molecular formula is C25H26N2O. The Morgan fingerprint density at radius 3 is 1.86 bits per heavy atom. The van der Waals surface area contributed by atoms with Crippen molar-refractivity contribution < 1.29 is 4.79 Å². The van der Waals surface area contributed by atoms with Gasteiger partial charge in [-0.3, -0.25) is 4.79 Å². The average molecular weight is 370 g/mol. The summed E-state index contributed by atoms with van der Waals surface area (Å²) in [6.07, 6.45) is 0. The number of carbonyl (C=O) groups excluding carboxylic acids is 1. The van der Waals surface area contributed by atoms with E-state index in [0.717, 1.165) is 16.8 Å². The van der Waals surface area contributed by atoms with Gasteiger partial charge in [-0.1, -0.05) is 87.5 Å². The topological polar surface area (TPSA) is 41.5 Å². The van der Waals surface area contributed by atoms with Crippen molar-refractivity contribution in [1.82, 2.24) is 5.43 Å². The Hall–Kier alpha value is -3.20. The maximum absolute atomic E-state index is 12.4. The van der Waals surface area contributed by atoms with Crippen LogP contribution in [0.4, 0.5) is 0 Å². The highest BCUT2D eigenvalue weighted by atomic mass is 16.2. The van der Waals surface area contributed by atoms with Gasteiger partial charge in [0.1, 0.15) is 0 Å². The van der Waals surface area contributed by atoms with Crippen LogP contribution in [-0.2, 0) is 5.41 Å². The van der Waals surface area contributed by atoms with Crippen molar-refractivity contribution >= 4 is 11.6 Å². The van der Waals surface area contributed by atoms with Gasteiger partial charge in [0.15, 0.2) is 0 Å². The second-order valence-corrected chi connectivity index (χ2v) is 7.91. The molecule has 142 valence electrons. The molecule has 1 amide bonds. The third kappa shape index (κ3) is 4.74. The fraction of sp³-hybridized carbons (Fsp3) is 0.200. The van der Waals surface area contributed by atoms with E-state index in [4.69, 9.17) is 0 Å². The number of amides is 1. The number of hydrogen-bond donors (Lipinski definition) is 1. The van der Waals surface area contributed by atoms with E-state index in [2.05, 4.69) is 55.6 Å². The van der Waals surface area contributed by atoms with Gasteiger partial charge in [0.2, 0.25) is 0 Å². The number of benzene rings is 3. The van der Waals surface area contributed by atoms with E-state index in [0.29, 0.717) is 5.56 Å². The first-order valence-electron chi connectivity index (χ1n) is 9.45. The second-order valence-electron chi connectivity index (χ2n) is 7.91. The predicted octanol–water partition coefficient (Wildman–Crippen LogP) is 5.81. The molecule has 28 heavy (non-hydrogen) atoms. The van der Waals surface area contributed by atoms with Crippen molar-refractivity contribution in [2.75, 3.05) is 0 Å². The minimum Gasteiger partial charge on any atom is -0.267 e. The zero-order valence-corrected chi connectivity index (χ0v) is 16.9. The Balaban J connectivity index is 1.67. The lowest BCUT2D eigenvalue weighted by atomic mass is 9.87. The molecule has 1 N–H and O–H groups in total. The van der Waals surface area contributed by atoms with Crippen LogP contribution in [-0.4, -0.2) is 11.6 Å². The summed E-state index contributed by atoms with van der Waals surface area (Å²) < 4.78 is 0. The van der Waals surface area contributed by atoms with Gasteiger partial charge >= 0.3 is 0 Å². The van der Waals surface area contributed by atoms with Crippen molar-refractivity contribution in [3.8, 4) is 11.1 Å². The zero-order valence-electron chi connectivity index (χ0n) is 16.9. The number of rotatable bonds is 4. The van der Waals surface area contributed by atoms with E-state index in [1.165, 1.54) is 11.1 Å². The minimum absolute atomic E-state index is 0.0651. The third-order valence-corrected chi connectivity index (χ3v) is 4.75. The van der Waals surface area contributed by atoms with Crippen LogP contribution in [0.25, 0.3) is 11.1 Å². The number of carbonyl (C=O) groups is 1. The van der Waals surface area contributed by atoms with Crippen LogP contribution in [0.5, 0.6) is 0 Å². The summed E-state index contributed by atoms with van der Waals surface area (Å²) in [6.45, 7) is 8.34. The summed E-state index contributed by atoms with van der Waals surface area (Å²) in [6, 6.07) is 26.1. The Kier molecular flexibility index (Phi) is 5.74. The summed E-state index contributed by atoms with van der Waals surface area (Å²) in [5.74, 6) is -0.208. The maximum Gasteiger partial charge on any atom is 0.271 e. The molecule has 0 aliphatic heterocycles. The molecule has 0 unspecified atom stereocenters. The van der Waals surface area contributed by atoms with Crippen LogP contribution in [0.2, 0.25) is 0 Å². The van der Waals surface area contributed by atoms with Crippen LogP contribution in [0.15, 0.2) is 84.0 Å². The molecule has 0 saturated heterocycles. The quantitative estimate of drug-likeness (QED) is 0.457. The first-order valence-corrected chi connectivity index (χ1v) is 9.45. The molecule has 3 nitrogen and oxygen atoms in total. The molecule has 0 aliphatic carbocycles. The Morgan fingerprint density at radius 1 is 0.750 bits per heavy atom. The van der Waals surface area contributed by atoms with Gasteiger partial charge in [0, 0.05) is 5.56 Å². The van der Waals surface area contributed by atoms with Crippen molar-refractivity contribution in [1.29, 1.82) is 0 Å². The minimum atomic E-state index is -0.208. The molecule has 0 aromatic heterocycles. The molecule has 0 bridgehead atoms. The second kappa shape index (κ2) is 8.22. The van der Waals surface area contributed by atoms with E-state index in [-0.39, 0.29) is 11.3 Å². The highest BCUT2D eigenvalue weighted by Crippen LogP contribution is 2.22. The summed E-state index contributed by atoms with van der Waals surface area (Å²) in [4.78, 5) is 12.4. The molecule has 3 heteroatoms. The van der Waals surface area contributed by atoms with Crippen molar-refractivity contribution in [3.63, 3.8) is 0 Å². The molecule has 0 fully saturated rings. The first kappa shape index (κ1) is 19.6. The normalized spacial score (nSPS) is 11.9. The smallest absolute Gasteiger partial charge is 0.267 e. The first-order chi connectivity index (χ1) is 13.3. The molecular weight excluding hydrogens is 344 g/mol. The summed E-state index contributed by atoms with van der Waals surface area (Å²) >= 11 is 0. The van der Waals surface area contributed by atoms with E-state index in [1.807, 2.05) is 61.5 Å². The average Bonchev–Trinajstić information content (AvgIpc) is 2.72. The SMILES string of the molecule is C/C(=N\NC(=O)c1ccc(C(C)(C)C)cc1)c1ccc(-c2ccccc2)cc1. The summed E-state index contributed by atoms with van der Waals surface area (Å²) in [5.41, 5.74) is 8.58. The monoisotopic (exact) mass is 370 g/mol. The van der Waals surface area contributed by atoms with Crippen molar-refractivity contribution in [2.45, 2.75) is 33.1 Å². The molecule has 0 spiro atoms. The lowest BCUT2D eigenvalue weighted by molar-refractivity contribution is 0.0955. The molecule has 0 saturated carbocycles. The molecule has 0 aliphatic rings. The van der Waals surface area contributed by atoms with E-state index >= 15 is 0 Å². The Bertz CT molecular complexity index is 964. The predicted molar refractivity (Wildman–Crippen MR) is 117 cm³/mol. The van der Waals surface area contributed by atoms with Crippen LogP contribution in [0.3, 0.4) is 0 Å². The molecule has 0 radical (unpaired) electrons. The standard InChI is InChI=1S/C25H26N2O/c1-18(19-10-12-21(13-11-19)20-8-6-5-7-9-20)26-27-24(28)22-14-16-23(17-15-22)25(2,3)4/h5-17H,1-4H3,(H,27,28)/b26-18+. The fourth-order valence-corrected chi connectivity index (χ4v) is 2.92. The van der Waals surface area contributed by atoms with Gasteiger partial charge in [-0.15, -0.1) is 0 Å². The number of hydrazone groups is 1. The van der Waals surface area contributed by atoms with Crippen molar-refractivity contribution in [2.24, 2.45) is 5.10 Å². The van der Waals surface area contributed by atoms with Crippen LogP contribution < -0.4 is 5.43 Å². The van der Waals surface area contributed by atoms with Crippen molar-refractivity contribution in [3.05, 3.63) is 95.6 Å². The third-order valence-electron chi connectivity index (χ3n) is 4.75. The van der Waals surface area contributed by atoms with Gasteiger partial charge in [0.05, 0.1) is 5.71 Å². The van der Waals surface area contributed by atoms with Gasteiger partial charge < -0.3 is 0 Å². The molecule has 0 heterocycles. The van der Waals surface area contributed by atoms with Crippen LogP contribution in [0, 0.1) is 0 Å². The summed E-state index contributed by atoms with van der Waals surface area (Å²) in [5, 5.41) is 4.26. The number of nitrogens with zero attached hydrogens (tertiary/aromatic N) is 1. The lowest BCUT2D eigenvalue weighted by Gasteiger charge is -2.18. The van der Waals surface area contributed by atoms with E-state index in [1.54, 1.807) is 0 Å². The highest BCUT2D eigenvalue weighted by Gasteiger charge is 2.14. The number of nitrogens with one attached hydrogen (secondary N) is 1. The van der Waals surface area contributed by atoms with Gasteiger partial charge in [-0.25, -0.2) is 5.43 Å². The zero-order chi connectivity index (χ0) is 20.1. The highest BCUT2D eigenvalue weighted by molar-refractivity contribution is 6.01. The van der Waals surface area contributed by atoms with E-state index < -0.39 is 0 Å². The molecule has 3 rings (SSSR count). The molecule has 0 atom stereocenters. The van der Waals surface area contributed by atoms with Crippen LogP contribution >= 0.6 is 0 Å². The van der Waals surface area contributed by atoms with Gasteiger partial charge in [-0.2, -0.15) is 5.10 Å². The fourth-order valence-electron chi connectivity index (χ4n) is 2.92. The Labute approximate surface area is 167 Å². The van der Waals surface area contributed by atoms with Crippen LogP contribution in [0.1, 0.15) is 49.2 Å². The number of hydrogen-bond acceptors (Lipinski definition) is 2. The lowest BCUT2D eigenvalue weighted by Crippen LogP contribution is -2.20. The van der Waals surface area contributed by atoms with E-state index in [9.17, 15) is 4.79 Å². The summed E-state index contributed by atoms with van der Waals surface area (Å²) in [7, 11) is 0. The largest absolute Gasteiger partial charge is 0.271 e.